The number of hydrogen-bond acceptors (Lipinski definition) is 8. The van der Waals surface area contributed by atoms with Crippen molar-refractivity contribution in [3.8, 4) is 5.75 Å². The highest BCUT2D eigenvalue weighted by Crippen LogP contribution is 2.23. The fraction of sp³-hybridized carbons (Fsp3) is 0.524. The Balaban J connectivity index is 1.74. The minimum atomic E-state index is -0.402. The Morgan fingerprint density at radius 3 is 2.66 bits per heavy atom. The minimum Gasteiger partial charge on any atom is -0.494 e. The maximum atomic E-state index is 12.5. The fourth-order valence-corrected chi connectivity index (χ4v) is 4.93. The third kappa shape index (κ3) is 6.57. The summed E-state index contributed by atoms with van der Waals surface area (Å²) >= 11 is 2.54. The van der Waals surface area contributed by atoms with E-state index in [0.717, 1.165) is 10.2 Å². The summed E-state index contributed by atoms with van der Waals surface area (Å²) in [5, 5.41) is 0. The lowest BCUT2D eigenvalue weighted by Gasteiger charge is -2.26. The van der Waals surface area contributed by atoms with Gasteiger partial charge >= 0.3 is 5.97 Å². The molecule has 1 aliphatic rings. The first-order valence-corrected chi connectivity index (χ1v) is 12.4. The molecule has 0 N–H and O–H groups in total. The van der Waals surface area contributed by atoms with Gasteiger partial charge in [0.1, 0.15) is 12.3 Å². The zero-order valence-electron chi connectivity index (χ0n) is 18.2. The van der Waals surface area contributed by atoms with E-state index in [1.807, 2.05) is 25.1 Å². The number of nitrogens with zero attached hydrogens (tertiary/aromatic N) is 3. The van der Waals surface area contributed by atoms with E-state index >= 15 is 0 Å². The molecule has 0 radical (unpaired) electrons. The molecule has 174 valence electrons. The van der Waals surface area contributed by atoms with Crippen LogP contribution in [0.15, 0.2) is 23.2 Å². The van der Waals surface area contributed by atoms with Crippen LogP contribution in [0.25, 0.3) is 10.2 Å². The van der Waals surface area contributed by atoms with Gasteiger partial charge in [-0.05, 0) is 32.0 Å². The third-order valence-electron chi connectivity index (χ3n) is 4.59. The normalized spacial score (nSPS) is 14.6. The molecule has 2 heterocycles. The van der Waals surface area contributed by atoms with Crippen molar-refractivity contribution in [1.82, 2.24) is 9.47 Å². The number of carbonyl (C=O) groups is 3. The number of ether oxygens (including phenoxy) is 3. The largest absolute Gasteiger partial charge is 0.494 e. The van der Waals surface area contributed by atoms with Crippen LogP contribution >= 0.6 is 23.1 Å². The molecule has 0 saturated carbocycles. The average Bonchev–Trinajstić information content (AvgIpc) is 3.10. The van der Waals surface area contributed by atoms with Crippen LogP contribution in [-0.4, -0.2) is 78.3 Å². The fourth-order valence-electron chi connectivity index (χ4n) is 3.15. The Labute approximate surface area is 194 Å². The van der Waals surface area contributed by atoms with Crippen molar-refractivity contribution in [2.75, 3.05) is 51.0 Å². The summed E-state index contributed by atoms with van der Waals surface area (Å²) in [6.45, 7) is 6.66. The van der Waals surface area contributed by atoms with Gasteiger partial charge in [0, 0.05) is 13.1 Å². The Morgan fingerprint density at radius 2 is 1.94 bits per heavy atom. The summed E-state index contributed by atoms with van der Waals surface area (Å²) < 4.78 is 18.4. The van der Waals surface area contributed by atoms with Gasteiger partial charge in [0.15, 0.2) is 4.80 Å². The van der Waals surface area contributed by atoms with Crippen molar-refractivity contribution >= 4 is 51.1 Å². The van der Waals surface area contributed by atoms with Gasteiger partial charge in [-0.1, -0.05) is 11.3 Å². The smallest absolute Gasteiger partial charge is 0.326 e. The van der Waals surface area contributed by atoms with Crippen molar-refractivity contribution in [1.29, 1.82) is 0 Å². The molecule has 0 atom stereocenters. The van der Waals surface area contributed by atoms with Gasteiger partial charge < -0.3 is 23.7 Å². The number of aromatic nitrogens is 1. The van der Waals surface area contributed by atoms with Gasteiger partial charge in [0.25, 0.3) is 5.91 Å². The second-order valence-electron chi connectivity index (χ2n) is 6.83. The molecule has 2 amide bonds. The van der Waals surface area contributed by atoms with E-state index in [1.54, 1.807) is 16.4 Å². The quantitative estimate of drug-likeness (QED) is 0.503. The standard InChI is InChI=1S/C21H27N3O6S2/c1-3-29-15-5-6-16-17(11-15)32-21(24(16)12-20(27)30-4-2)22-18(25)13-31-14-19(26)23-7-9-28-10-8-23/h5-6,11H,3-4,7-10,12-14H2,1-2H3. The van der Waals surface area contributed by atoms with Gasteiger partial charge in [-0.15, -0.1) is 11.8 Å². The molecule has 0 spiro atoms. The molecular weight excluding hydrogens is 454 g/mol. The molecule has 2 aromatic rings. The van der Waals surface area contributed by atoms with E-state index in [2.05, 4.69) is 4.99 Å². The van der Waals surface area contributed by atoms with Gasteiger partial charge in [-0.25, -0.2) is 0 Å². The van der Waals surface area contributed by atoms with Crippen molar-refractivity contribution < 1.29 is 28.6 Å². The second kappa shape index (κ2) is 12.0. The summed E-state index contributed by atoms with van der Waals surface area (Å²) in [4.78, 5) is 43.2. The lowest BCUT2D eigenvalue weighted by Crippen LogP contribution is -2.41. The third-order valence-corrected chi connectivity index (χ3v) is 6.54. The number of hydrogen-bond donors (Lipinski definition) is 0. The van der Waals surface area contributed by atoms with Crippen molar-refractivity contribution in [2.24, 2.45) is 4.99 Å². The number of rotatable bonds is 9. The van der Waals surface area contributed by atoms with E-state index in [9.17, 15) is 14.4 Å². The summed E-state index contributed by atoms with van der Waals surface area (Å²) in [5.74, 6) is 0.232. The number of fused-ring (bicyclic) bond motifs is 1. The second-order valence-corrected chi connectivity index (χ2v) is 8.82. The topological polar surface area (TPSA) is 99.4 Å². The number of esters is 1. The molecule has 1 saturated heterocycles. The predicted molar refractivity (Wildman–Crippen MR) is 123 cm³/mol. The summed E-state index contributed by atoms with van der Waals surface area (Å²) in [6.07, 6.45) is 0. The van der Waals surface area contributed by atoms with Crippen LogP contribution in [0.1, 0.15) is 13.8 Å². The highest BCUT2D eigenvalue weighted by molar-refractivity contribution is 8.00. The van der Waals surface area contributed by atoms with E-state index < -0.39 is 5.97 Å². The molecule has 1 fully saturated rings. The van der Waals surface area contributed by atoms with Crippen LogP contribution in [0, 0.1) is 0 Å². The Kier molecular flexibility index (Phi) is 9.12. The average molecular weight is 482 g/mol. The van der Waals surface area contributed by atoms with Gasteiger partial charge in [0.05, 0.1) is 48.1 Å². The zero-order valence-corrected chi connectivity index (χ0v) is 19.8. The minimum absolute atomic E-state index is 0.00575. The predicted octanol–water partition coefficient (Wildman–Crippen LogP) is 1.68. The van der Waals surface area contributed by atoms with Crippen LogP contribution < -0.4 is 9.54 Å². The van der Waals surface area contributed by atoms with E-state index in [0.29, 0.717) is 43.5 Å². The van der Waals surface area contributed by atoms with Crippen molar-refractivity contribution in [3.05, 3.63) is 23.0 Å². The van der Waals surface area contributed by atoms with Gasteiger partial charge in [-0.2, -0.15) is 4.99 Å². The number of thiazole rings is 1. The zero-order chi connectivity index (χ0) is 22.9. The number of thioether (sulfide) groups is 1. The number of amides is 2. The number of carbonyl (C=O) groups excluding carboxylic acids is 3. The SMILES string of the molecule is CCOC(=O)Cn1c(=NC(=O)CSCC(=O)N2CCOCC2)sc2cc(OCC)ccc21. The molecule has 0 unspecified atom stereocenters. The number of benzene rings is 1. The molecule has 9 nitrogen and oxygen atoms in total. The van der Waals surface area contributed by atoms with Gasteiger partial charge in [-0.3, -0.25) is 14.4 Å². The number of morpholine rings is 1. The molecule has 1 aromatic heterocycles. The van der Waals surface area contributed by atoms with E-state index in [-0.39, 0.29) is 36.5 Å². The molecule has 1 aliphatic heterocycles. The highest BCUT2D eigenvalue weighted by atomic mass is 32.2. The summed E-state index contributed by atoms with van der Waals surface area (Å²) in [5.41, 5.74) is 0.771. The van der Waals surface area contributed by atoms with Crippen LogP contribution in [-0.2, 0) is 30.4 Å². The maximum absolute atomic E-state index is 12.5. The maximum Gasteiger partial charge on any atom is 0.326 e. The molecule has 32 heavy (non-hydrogen) atoms. The Bertz CT molecular complexity index is 1030. The van der Waals surface area contributed by atoms with Gasteiger partial charge in [0.2, 0.25) is 5.91 Å². The first-order chi connectivity index (χ1) is 15.5. The lowest BCUT2D eigenvalue weighted by atomic mass is 10.3. The van der Waals surface area contributed by atoms with Crippen LogP contribution in [0.5, 0.6) is 5.75 Å². The molecule has 0 bridgehead atoms. The molecule has 0 aliphatic carbocycles. The Morgan fingerprint density at radius 1 is 1.16 bits per heavy atom. The summed E-state index contributed by atoms with van der Waals surface area (Å²) in [7, 11) is 0. The first-order valence-electron chi connectivity index (χ1n) is 10.4. The van der Waals surface area contributed by atoms with E-state index in [4.69, 9.17) is 14.2 Å². The van der Waals surface area contributed by atoms with Crippen molar-refractivity contribution in [2.45, 2.75) is 20.4 Å². The Hall–Kier alpha value is -2.37. The van der Waals surface area contributed by atoms with E-state index in [1.165, 1.54) is 23.1 Å². The lowest BCUT2D eigenvalue weighted by molar-refractivity contribution is -0.143. The molecule has 1 aromatic carbocycles. The van der Waals surface area contributed by atoms with Crippen LogP contribution in [0.4, 0.5) is 0 Å². The molecule has 11 heteroatoms. The van der Waals surface area contributed by atoms with Crippen molar-refractivity contribution in [3.63, 3.8) is 0 Å². The highest BCUT2D eigenvalue weighted by Gasteiger charge is 2.17. The first kappa shape index (κ1) is 24.3. The monoisotopic (exact) mass is 481 g/mol. The molecule has 3 rings (SSSR count). The summed E-state index contributed by atoms with van der Waals surface area (Å²) in [6, 6.07) is 5.53. The van der Waals surface area contributed by atoms with Crippen LogP contribution in [0.2, 0.25) is 0 Å². The van der Waals surface area contributed by atoms with Crippen LogP contribution in [0.3, 0.4) is 0 Å². The molecular formula is C21H27N3O6S2.